The van der Waals surface area contributed by atoms with E-state index in [1.807, 2.05) is 47.4 Å². The van der Waals surface area contributed by atoms with Crippen LogP contribution >= 0.6 is 15.9 Å². The van der Waals surface area contributed by atoms with Crippen molar-refractivity contribution in [2.45, 2.75) is 0 Å². The molecule has 0 fully saturated rings. The summed E-state index contributed by atoms with van der Waals surface area (Å²) in [6, 6.07) is 13.7. The van der Waals surface area contributed by atoms with E-state index in [0.717, 1.165) is 21.3 Å². The molecule has 0 heterocycles. The Morgan fingerprint density at radius 1 is 0.952 bits per heavy atom. The molecule has 0 saturated heterocycles. The summed E-state index contributed by atoms with van der Waals surface area (Å²) in [5.74, 6) is 0. The quantitative estimate of drug-likeness (QED) is 0.700. The van der Waals surface area contributed by atoms with E-state index in [-0.39, 0.29) is 13.2 Å². The predicted molar refractivity (Wildman–Crippen MR) is 90.4 cm³/mol. The summed E-state index contributed by atoms with van der Waals surface area (Å²) >= 11 is 3.42. The van der Waals surface area contributed by atoms with Gasteiger partial charge < -0.3 is 20.8 Å². The molecule has 112 valence electrons. The van der Waals surface area contributed by atoms with Gasteiger partial charge in [0.2, 0.25) is 0 Å². The smallest absolute Gasteiger partial charge is 0.0606 e. The number of aliphatic hydroxyl groups excluding tert-OH is 2. The third-order valence-corrected chi connectivity index (χ3v) is 3.83. The molecule has 0 spiro atoms. The average Bonchev–Trinajstić information content (AvgIpc) is 2.49. The van der Waals surface area contributed by atoms with E-state index >= 15 is 0 Å². The largest absolute Gasteiger partial charge is 0.398 e. The van der Waals surface area contributed by atoms with Crippen LogP contribution in [0.1, 0.15) is 0 Å². The number of rotatable bonds is 6. The van der Waals surface area contributed by atoms with Gasteiger partial charge in [-0.05, 0) is 35.9 Å². The number of halogens is 1. The van der Waals surface area contributed by atoms with Gasteiger partial charge in [-0.2, -0.15) is 0 Å². The van der Waals surface area contributed by atoms with Gasteiger partial charge in [0.25, 0.3) is 0 Å². The van der Waals surface area contributed by atoms with Crippen LogP contribution in [0.25, 0.3) is 11.1 Å². The summed E-state index contributed by atoms with van der Waals surface area (Å²) in [5.41, 5.74) is 9.69. The van der Waals surface area contributed by atoms with Crippen LogP contribution < -0.4 is 10.6 Å². The lowest BCUT2D eigenvalue weighted by Crippen LogP contribution is -2.29. The normalized spacial score (nSPS) is 10.6. The molecule has 0 aliphatic carbocycles. The molecule has 0 saturated carbocycles. The maximum Gasteiger partial charge on any atom is 0.0606 e. The number of nitrogen functional groups attached to an aromatic ring is 1. The molecule has 0 atom stereocenters. The molecule has 4 nitrogen and oxygen atoms in total. The maximum absolute atomic E-state index is 9.14. The van der Waals surface area contributed by atoms with Gasteiger partial charge in [0.15, 0.2) is 0 Å². The highest BCUT2D eigenvalue weighted by atomic mass is 79.9. The molecule has 0 radical (unpaired) electrons. The van der Waals surface area contributed by atoms with Gasteiger partial charge in [-0.25, -0.2) is 0 Å². The molecule has 5 heteroatoms. The summed E-state index contributed by atoms with van der Waals surface area (Å²) in [6.07, 6.45) is 0. The first-order valence-electron chi connectivity index (χ1n) is 6.78. The lowest BCUT2D eigenvalue weighted by Gasteiger charge is -2.24. The summed E-state index contributed by atoms with van der Waals surface area (Å²) < 4.78 is 1.02. The van der Waals surface area contributed by atoms with Gasteiger partial charge in [-0.1, -0.05) is 28.1 Å². The molecular weight excluding hydrogens is 332 g/mol. The molecule has 2 rings (SSSR count). The lowest BCUT2D eigenvalue weighted by molar-refractivity contribution is 0.281. The van der Waals surface area contributed by atoms with Crippen molar-refractivity contribution in [2.24, 2.45) is 0 Å². The van der Waals surface area contributed by atoms with Gasteiger partial charge in [-0.3, -0.25) is 0 Å². The molecular formula is C16H19BrN2O2. The van der Waals surface area contributed by atoms with E-state index < -0.39 is 0 Å². The minimum atomic E-state index is 0.0397. The van der Waals surface area contributed by atoms with E-state index in [1.165, 1.54) is 0 Å². The first-order chi connectivity index (χ1) is 10.2. The molecule has 0 unspecified atom stereocenters. The Balaban J connectivity index is 2.38. The zero-order valence-corrected chi connectivity index (χ0v) is 13.3. The second-order valence-electron chi connectivity index (χ2n) is 4.71. The van der Waals surface area contributed by atoms with Crippen LogP contribution in [0.4, 0.5) is 11.4 Å². The Labute approximate surface area is 133 Å². The number of nitrogens with two attached hydrogens (primary N) is 1. The van der Waals surface area contributed by atoms with Crippen molar-refractivity contribution < 1.29 is 10.2 Å². The summed E-state index contributed by atoms with van der Waals surface area (Å²) in [6.45, 7) is 1.03. The number of aliphatic hydroxyl groups is 2. The van der Waals surface area contributed by atoms with E-state index in [9.17, 15) is 0 Å². The molecule has 21 heavy (non-hydrogen) atoms. The average molecular weight is 351 g/mol. The molecule has 4 N–H and O–H groups in total. The maximum atomic E-state index is 9.14. The standard InChI is InChI=1S/C16H19BrN2O2/c17-13-3-1-12(2-4-13)15-11-14(5-6-16(15)18)19(7-9-20)8-10-21/h1-6,11,20-21H,7-10,18H2. The summed E-state index contributed by atoms with van der Waals surface area (Å²) in [5, 5.41) is 18.3. The molecule has 0 amide bonds. The Kier molecular flexibility index (Phi) is 5.61. The molecule has 2 aromatic rings. The fourth-order valence-corrected chi connectivity index (χ4v) is 2.50. The fourth-order valence-electron chi connectivity index (χ4n) is 2.23. The highest BCUT2D eigenvalue weighted by Crippen LogP contribution is 2.31. The topological polar surface area (TPSA) is 69.7 Å². The van der Waals surface area contributed by atoms with Crippen LogP contribution in [0.5, 0.6) is 0 Å². The fraction of sp³-hybridized carbons (Fsp3) is 0.250. The number of nitrogens with zero attached hydrogens (tertiary/aromatic N) is 1. The van der Waals surface area contributed by atoms with Gasteiger partial charge in [0.1, 0.15) is 0 Å². The zero-order chi connectivity index (χ0) is 15.2. The molecule has 0 aliphatic heterocycles. The minimum Gasteiger partial charge on any atom is -0.398 e. The van der Waals surface area contributed by atoms with E-state index in [2.05, 4.69) is 15.9 Å². The van der Waals surface area contributed by atoms with Gasteiger partial charge in [-0.15, -0.1) is 0 Å². The van der Waals surface area contributed by atoms with Crippen molar-refractivity contribution in [3.63, 3.8) is 0 Å². The Hall–Kier alpha value is -1.56. The Morgan fingerprint density at radius 3 is 2.14 bits per heavy atom. The molecule has 0 aromatic heterocycles. The first kappa shape index (κ1) is 15.8. The highest BCUT2D eigenvalue weighted by Gasteiger charge is 2.09. The van der Waals surface area contributed by atoms with E-state index in [0.29, 0.717) is 18.8 Å². The van der Waals surface area contributed by atoms with Crippen molar-refractivity contribution in [1.29, 1.82) is 0 Å². The van der Waals surface area contributed by atoms with Crippen LogP contribution in [0, 0.1) is 0 Å². The number of hydrogen-bond donors (Lipinski definition) is 3. The van der Waals surface area contributed by atoms with Gasteiger partial charge >= 0.3 is 0 Å². The van der Waals surface area contributed by atoms with E-state index in [1.54, 1.807) is 0 Å². The second kappa shape index (κ2) is 7.45. The van der Waals surface area contributed by atoms with E-state index in [4.69, 9.17) is 15.9 Å². The summed E-state index contributed by atoms with van der Waals surface area (Å²) in [4.78, 5) is 1.93. The third kappa shape index (κ3) is 3.97. The third-order valence-electron chi connectivity index (χ3n) is 3.30. The first-order valence-corrected chi connectivity index (χ1v) is 7.57. The monoisotopic (exact) mass is 350 g/mol. The second-order valence-corrected chi connectivity index (χ2v) is 5.63. The predicted octanol–water partition coefficient (Wildman–Crippen LogP) is 2.49. The van der Waals surface area contributed by atoms with Crippen molar-refractivity contribution in [3.05, 3.63) is 46.9 Å². The molecule has 0 bridgehead atoms. The van der Waals surface area contributed by atoms with Gasteiger partial charge in [0.05, 0.1) is 13.2 Å². The van der Waals surface area contributed by atoms with Crippen LogP contribution in [-0.4, -0.2) is 36.5 Å². The number of anilines is 2. The van der Waals surface area contributed by atoms with Crippen molar-refractivity contribution in [2.75, 3.05) is 36.9 Å². The Bertz CT molecular complexity index is 581. The summed E-state index contributed by atoms with van der Waals surface area (Å²) in [7, 11) is 0. The van der Waals surface area contributed by atoms with Crippen LogP contribution in [0.3, 0.4) is 0 Å². The van der Waals surface area contributed by atoms with Crippen LogP contribution in [0.2, 0.25) is 0 Å². The Morgan fingerprint density at radius 2 is 1.57 bits per heavy atom. The SMILES string of the molecule is Nc1ccc(N(CCO)CCO)cc1-c1ccc(Br)cc1. The van der Waals surface area contributed by atoms with Crippen molar-refractivity contribution in [1.82, 2.24) is 0 Å². The van der Waals surface area contributed by atoms with Crippen molar-refractivity contribution in [3.8, 4) is 11.1 Å². The number of benzene rings is 2. The van der Waals surface area contributed by atoms with Crippen molar-refractivity contribution >= 4 is 27.3 Å². The zero-order valence-electron chi connectivity index (χ0n) is 11.7. The highest BCUT2D eigenvalue weighted by molar-refractivity contribution is 9.10. The molecule has 2 aromatic carbocycles. The van der Waals surface area contributed by atoms with Gasteiger partial charge in [0, 0.05) is 34.5 Å². The van der Waals surface area contributed by atoms with Crippen LogP contribution in [0.15, 0.2) is 46.9 Å². The minimum absolute atomic E-state index is 0.0397. The number of hydrogen-bond acceptors (Lipinski definition) is 4. The molecule has 0 aliphatic rings. The van der Waals surface area contributed by atoms with Crippen LogP contribution in [-0.2, 0) is 0 Å². The lowest BCUT2D eigenvalue weighted by atomic mass is 10.0.